The molecule has 102 valence electrons. The van der Waals surface area contributed by atoms with Crippen molar-refractivity contribution in [3.63, 3.8) is 0 Å². The molecule has 0 radical (unpaired) electrons. The normalized spacial score (nSPS) is 24.3. The number of nitrogens with one attached hydrogen (secondary N) is 1. The van der Waals surface area contributed by atoms with Gasteiger partial charge in [-0.1, -0.05) is 13.8 Å². The molecule has 2 heterocycles. The van der Waals surface area contributed by atoms with Gasteiger partial charge in [0.15, 0.2) is 0 Å². The van der Waals surface area contributed by atoms with E-state index in [0.717, 1.165) is 19.6 Å². The molecule has 4 heteroatoms. The van der Waals surface area contributed by atoms with Crippen LogP contribution in [0.1, 0.15) is 44.3 Å². The van der Waals surface area contributed by atoms with Crippen LogP contribution < -0.4 is 5.32 Å². The predicted molar refractivity (Wildman–Crippen MR) is 78.0 cm³/mol. The molecule has 1 unspecified atom stereocenters. The van der Waals surface area contributed by atoms with Crippen LogP contribution in [-0.4, -0.2) is 34.6 Å². The van der Waals surface area contributed by atoms with Crippen LogP contribution in [0.2, 0.25) is 0 Å². The van der Waals surface area contributed by atoms with Crippen molar-refractivity contribution < 1.29 is 0 Å². The third-order valence-corrected chi connectivity index (χ3v) is 5.10. The maximum Gasteiger partial charge on any atom is 0.0897 e. The van der Waals surface area contributed by atoms with Crippen LogP contribution in [0.4, 0.5) is 0 Å². The average molecular weight is 267 g/mol. The third kappa shape index (κ3) is 2.76. The molecule has 0 aliphatic carbocycles. The molecule has 1 fully saturated rings. The standard InChI is InChI=1S/C14H25N3S/c1-5-14(6-2)10-15-11(3)7-17(14)8-13-9-18-12(4)16-13/h9,11,15H,5-8,10H2,1-4H3. The second-order valence-corrected chi connectivity index (χ2v) is 6.51. The summed E-state index contributed by atoms with van der Waals surface area (Å²) < 4.78 is 0. The van der Waals surface area contributed by atoms with E-state index >= 15 is 0 Å². The van der Waals surface area contributed by atoms with Crippen LogP contribution in [0, 0.1) is 6.92 Å². The highest BCUT2D eigenvalue weighted by Gasteiger charge is 2.37. The van der Waals surface area contributed by atoms with Crippen molar-refractivity contribution in [3.8, 4) is 0 Å². The molecule has 1 aromatic rings. The van der Waals surface area contributed by atoms with E-state index in [0.29, 0.717) is 11.6 Å². The number of aromatic nitrogens is 1. The van der Waals surface area contributed by atoms with Crippen LogP contribution in [-0.2, 0) is 6.54 Å². The highest BCUT2D eigenvalue weighted by atomic mass is 32.1. The van der Waals surface area contributed by atoms with Crippen molar-refractivity contribution in [1.82, 2.24) is 15.2 Å². The molecule has 1 atom stereocenters. The molecule has 1 saturated heterocycles. The highest BCUT2D eigenvalue weighted by molar-refractivity contribution is 7.09. The van der Waals surface area contributed by atoms with Gasteiger partial charge in [0.05, 0.1) is 10.7 Å². The first-order valence-corrected chi connectivity index (χ1v) is 7.87. The fraction of sp³-hybridized carbons (Fsp3) is 0.786. The summed E-state index contributed by atoms with van der Waals surface area (Å²) in [4.78, 5) is 7.26. The molecule has 1 aliphatic heterocycles. The van der Waals surface area contributed by atoms with E-state index in [1.54, 1.807) is 11.3 Å². The zero-order valence-electron chi connectivity index (χ0n) is 12.0. The van der Waals surface area contributed by atoms with Crippen LogP contribution in [0.25, 0.3) is 0 Å². The zero-order valence-corrected chi connectivity index (χ0v) is 12.8. The van der Waals surface area contributed by atoms with Crippen LogP contribution in [0.15, 0.2) is 5.38 Å². The van der Waals surface area contributed by atoms with Gasteiger partial charge in [0.25, 0.3) is 0 Å². The van der Waals surface area contributed by atoms with Crippen LogP contribution in [0.3, 0.4) is 0 Å². The molecule has 0 saturated carbocycles. The van der Waals surface area contributed by atoms with Gasteiger partial charge in [-0.2, -0.15) is 0 Å². The minimum Gasteiger partial charge on any atom is -0.311 e. The Hall–Kier alpha value is -0.450. The van der Waals surface area contributed by atoms with Gasteiger partial charge in [0.1, 0.15) is 0 Å². The molecule has 1 aromatic heterocycles. The van der Waals surface area contributed by atoms with Gasteiger partial charge in [-0.05, 0) is 26.7 Å². The largest absolute Gasteiger partial charge is 0.311 e. The SMILES string of the molecule is CCC1(CC)CNC(C)CN1Cc1csc(C)n1. The number of piperazine rings is 1. The fourth-order valence-electron chi connectivity index (χ4n) is 2.92. The lowest BCUT2D eigenvalue weighted by molar-refractivity contribution is 0.0269. The maximum atomic E-state index is 4.62. The zero-order chi connectivity index (χ0) is 13.2. The summed E-state index contributed by atoms with van der Waals surface area (Å²) in [5.41, 5.74) is 1.54. The lowest BCUT2D eigenvalue weighted by Crippen LogP contribution is -2.63. The Bertz CT molecular complexity index is 384. The van der Waals surface area contributed by atoms with E-state index in [-0.39, 0.29) is 0 Å². The monoisotopic (exact) mass is 267 g/mol. The van der Waals surface area contributed by atoms with Crippen molar-refractivity contribution in [2.75, 3.05) is 13.1 Å². The summed E-state index contributed by atoms with van der Waals surface area (Å²) in [6.07, 6.45) is 2.40. The van der Waals surface area contributed by atoms with Crippen LogP contribution >= 0.6 is 11.3 Å². The number of thiazole rings is 1. The molecular weight excluding hydrogens is 242 g/mol. The number of hydrogen-bond acceptors (Lipinski definition) is 4. The second kappa shape index (κ2) is 5.68. The average Bonchev–Trinajstić information content (AvgIpc) is 2.76. The van der Waals surface area contributed by atoms with Crippen LogP contribution in [0.5, 0.6) is 0 Å². The Labute approximate surface area is 115 Å². The lowest BCUT2D eigenvalue weighted by Gasteiger charge is -2.49. The van der Waals surface area contributed by atoms with E-state index < -0.39 is 0 Å². The summed E-state index contributed by atoms with van der Waals surface area (Å²) in [7, 11) is 0. The third-order valence-electron chi connectivity index (χ3n) is 4.28. The minimum atomic E-state index is 0.310. The quantitative estimate of drug-likeness (QED) is 0.909. The Balaban J connectivity index is 2.15. The number of hydrogen-bond donors (Lipinski definition) is 1. The van der Waals surface area contributed by atoms with E-state index in [9.17, 15) is 0 Å². The topological polar surface area (TPSA) is 28.2 Å². The molecule has 18 heavy (non-hydrogen) atoms. The molecular formula is C14H25N3S. The number of aryl methyl sites for hydroxylation is 1. The smallest absolute Gasteiger partial charge is 0.0897 e. The lowest BCUT2D eigenvalue weighted by atomic mass is 9.87. The first-order chi connectivity index (χ1) is 8.59. The Kier molecular flexibility index (Phi) is 4.41. The second-order valence-electron chi connectivity index (χ2n) is 5.45. The number of nitrogens with zero attached hydrogens (tertiary/aromatic N) is 2. The molecule has 1 N–H and O–H groups in total. The minimum absolute atomic E-state index is 0.310. The predicted octanol–water partition coefficient (Wildman–Crippen LogP) is 2.80. The molecule has 0 aromatic carbocycles. The Morgan fingerprint density at radius 3 is 2.78 bits per heavy atom. The summed E-state index contributed by atoms with van der Waals surface area (Å²) in [5.74, 6) is 0. The van der Waals surface area contributed by atoms with Crippen molar-refractivity contribution in [1.29, 1.82) is 0 Å². The van der Waals surface area contributed by atoms with Gasteiger partial charge in [-0.3, -0.25) is 4.90 Å². The molecule has 1 aliphatic rings. The Morgan fingerprint density at radius 1 is 1.50 bits per heavy atom. The number of rotatable bonds is 4. The van der Waals surface area contributed by atoms with Gasteiger partial charge >= 0.3 is 0 Å². The fourth-order valence-corrected chi connectivity index (χ4v) is 3.52. The van der Waals surface area contributed by atoms with Gasteiger partial charge in [-0.15, -0.1) is 11.3 Å². The summed E-state index contributed by atoms with van der Waals surface area (Å²) in [6.45, 7) is 12.2. The summed E-state index contributed by atoms with van der Waals surface area (Å²) >= 11 is 1.76. The van der Waals surface area contributed by atoms with E-state index in [1.165, 1.54) is 23.5 Å². The highest BCUT2D eigenvalue weighted by Crippen LogP contribution is 2.28. The van der Waals surface area contributed by atoms with Gasteiger partial charge in [0.2, 0.25) is 0 Å². The molecule has 0 spiro atoms. The first kappa shape index (κ1) is 14.0. The van der Waals surface area contributed by atoms with Gasteiger partial charge in [-0.25, -0.2) is 4.98 Å². The van der Waals surface area contributed by atoms with Gasteiger partial charge < -0.3 is 5.32 Å². The van der Waals surface area contributed by atoms with E-state index in [4.69, 9.17) is 0 Å². The van der Waals surface area contributed by atoms with E-state index in [2.05, 4.69) is 48.3 Å². The van der Waals surface area contributed by atoms with Crippen molar-refractivity contribution in [2.24, 2.45) is 0 Å². The van der Waals surface area contributed by atoms with Crippen molar-refractivity contribution in [2.45, 2.75) is 58.7 Å². The Morgan fingerprint density at radius 2 is 2.22 bits per heavy atom. The molecule has 0 amide bonds. The maximum absolute atomic E-state index is 4.62. The van der Waals surface area contributed by atoms with Crippen molar-refractivity contribution in [3.05, 3.63) is 16.1 Å². The molecule has 3 nitrogen and oxygen atoms in total. The molecule has 0 bridgehead atoms. The van der Waals surface area contributed by atoms with Gasteiger partial charge in [0, 0.05) is 36.6 Å². The van der Waals surface area contributed by atoms with Crippen molar-refractivity contribution >= 4 is 11.3 Å². The first-order valence-electron chi connectivity index (χ1n) is 6.99. The molecule has 2 rings (SSSR count). The summed E-state index contributed by atoms with van der Waals surface area (Å²) in [6, 6.07) is 0.580. The van der Waals surface area contributed by atoms with E-state index in [1.807, 2.05) is 0 Å². The summed E-state index contributed by atoms with van der Waals surface area (Å²) in [5, 5.41) is 7.02.